The number of alkyl halides is 3. The predicted molar refractivity (Wildman–Crippen MR) is 72.3 cm³/mol. The minimum atomic E-state index is -4.55. The minimum absolute atomic E-state index is 0.0315. The largest absolute Gasteiger partial charge is 0.417 e. The van der Waals surface area contributed by atoms with Gasteiger partial charge in [-0.3, -0.25) is 0 Å². The molecule has 0 aliphatic heterocycles. The van der Waals surface area contributed by atoms with E-state index in [0.29, 0.717) is 11.2 Å². The number of pyridine rings is 1. The van der Waals surface area contributed by atoms with Crippen molar-refractivity contribution in [2.45, 2.75) is 11.2 Å². The Morgan fingerprint density at radius 2 is 2.14 bits per heavy atom. The summed E-state index contributed by atoms with van der Waals surface area (Å²) in [6, 6.07) is 2.61. The first-order valence-corrected chi connectivity index (χ1v) is 6.95. The van der Waals surface area contributed by atoms with Gasteiger partial charge in [-0.1, -0.05) is 11.6 Å². The Kier molecular flexibility index (Phi) is 4.02. The summed E-state index contributed by atoms with van der Waals surface area (Å²) in [5.41, 5.74) is 4.90. The first-order chi connectivity index (χ1) is 9.79. The molecule has 0 radical (unpaired) electrons. The van der Waals surface area contributed by atoms with E-state index in [1.807, 2.05) is 6.07 Å². The Hall–Kier alpha value is -1.92. The summed E-state index contributed by atoms with van der Waals surface area (Å²) < 4.78 is 38.7. The Morgan fingerprint density at radius 1 is 1.48 bits per heavy atom. The molecular weight excluding hydrogens is 327 g/mol. The number of halogens is 4. The van der Waals surface area contributed by atoms with Gasteiger partial charge >= 0.3 is 6.18 Å². The molecule has 0 bridgehead atoms. The van der Waals surface area contributed by atoms with Gasteiger partial charge in [0, 0.05) is 6.20 Å². The van der Waals surface area contributed by atoms with E-state index in [0.717, 1.165) is 10.7 Å². The van der Waals surface area contributed by atoms with Crippen molar-refractivity contribution >= 4 is 29.2 Å². The molecule has 0 spiro atoms. The number of hydrogen-bond acceptors (Lipinski definition) is 5. The Bertz CT molecular complexity index is 735. The molecule has 5 nitrogen and oxygen atoms in total. The van der Waals surface area contributed by atoms with Crippen molar-refractivity contribution in [2.24, 2.45) is 0 Å². The lowest BCUT2D eigenvalue weighted by molar-refractivity contribution is -0.137. The fourth-order valence-electron chi connectivity index (χ4n) is 1.56. The van der Waals surface area contributed by atoms with Crippen molar-refractivity contribution in [1.82, 2.24) is 14.8 Å². The Labute approximate surface area is 126 Å². The number of nitrogens with two attached hydrogens (primary N) is 1. The van der Waals surface area contributed by atoms with E-state index in [2.05, 4.69) is 10.1 Å². The number of aromatic nitrogens is 3. The van der Waals surface area contributed by atoms with Crippen molar-refractivity contribution in [3.63, 3.8) is 0 Å². The third-order valence-corrected chi connectivity index (χ3v) is 3.49. The van der Waals surface area contributed by atoms with Crippen molar-refractivity contribution in [1.29, 1.82) is 5.26 Å². The molecule has 0 unspecified atom stereocenters. The van der Waals surface area contributed by atoms with Crippen LogP contribution in [-0.2, 0) is 6.18 Å². The Morgan fingerprint density at radius 3 is 2.57 bits per heavy atom. The van der Waals surface area contributed by atoms with Crippen LogP contribution in [0.4, 0.5) is 19.0 Å². The average molecular weight is 334 g/mol. The van der Waals surface area contributed by atoms with Crippen LogP contribution in [0.1, 0.15) is 11.1 Å². The van der Waals surface area contributed by atoms with Gasteiger partial charge in [-0.05, 0) is 12.3 Å². The zero-order valence-corrected chi connectivity index (χ0v) is 12.0. The molecule has 0 aromatic carbocycles. The third-order valence-electron chi connectivity index (χ3n) is 2.54. The molecule has 0 aliphatic rings. The Balaban J connectivity index is 2.59. The van der Waals surface area contributed by atoms with Gasteiger partial charge in [0.1, 0.15) is 22.5 Å². The molecule has 2 rings (SSSR count). The first-order valence-electron chi connectivity index (χ1n) is 5.35. The maximum atomic E-state index is 12.6. The van der Waals surface area contributed by atoms with Gasteiger partial charge in [-0.2, -0.15) is 28.2 Å². The van der Waals surface area contributed by atoms with E-state index >= 15 is 0 Å². The molecule has 0 atom stereocenters. The summed E-state index contributed by atoms with van der Waals surface area (Å²) in [5.74, 6) is -0.102. The minimum Gasteiger partial charge on any atom is -0.382 e. The molecule has 2 aromatic rings. The molecule has 0 aliphatic carbocycles. The van der Waals surface area contributed by atoms with Gasteiger partial charge in [-0.25, -0.2) is 4.98 Å². The van der Waals surface area contributed by atoms with E-state index in [4.69, 9.17) is 22.6 Å². The molecule has 0 amide bonds. The standard InChI is InChI=1S/C11H7ClF3N5S/c1-21-10-6(3-16)8(17)20(19-10)9-7(12)2-5(4-18-9)11(13,14)15/h2,4H,17H2,1H3. The van der Waals surface area contributed by atoms with Gasteiger partial charge < -0.3 is 5.73 Å². The molecule has 0 saturated heterocycles. The number of nitrogens with zero attached hydrogens (tertiary/aromatic N) is 4. The van der Waals surface area contributed by atoms with Crippen LogP contribution in [0.3, 0.4) is 0 Å². The number of nitrogen functional groups attached to an aromatic ring is 1. The molecule has 21 heavy (non-hydrogen) atoms. The van der Waals surface area contributed by atoms with Crippen LogP contribution >= 0.6 is 23.4 Å². The number of rotatable bonds is 2. The third kappa shape index (κ3) is 2.77. The van der Waals surface area contributed by atoms with Crippen LogP contribution in [0.25, 0.3) is 5.82 Å². The molecule has 0 saturated carbocycles. The summed E-state index contributed by atoms with van der Waals surface area (Å²) in [4.78, 5) is 3.65. The maximum Gasteiger partial charge on any atom is 0.417 e. The van der Waals surface area contributed by atoms with E-state index in [9.17, 15) is 13.2 Å². The number of hydrogen-bond donors (Lipinski definition) is 1. The second-order valence-corrected chi connectivity index (χ2v) is 5.02. The number of nitriles is 1. The summed E-state index contributed by atoms with van der Waals surface area (Å²) in [5, 5.41) is 13.1. The van der Waals surface area contributed by atoms with Crippen LogP contribution in [0.5, 0.6) is 0 Å². The summed E-state index contributed by atoms with van der Waals surface area (Å²) in [6.07, 6.45) is -2.23. The summed E-state index contributed by atoms with van der Waals surface area (Å²) in [6.45, 7) is 0. The van der Waals surface area contributed by atoms with Crippen molar-refractivity contribution in [2.75, 3.05) is 12.0 Å². The molecule has 10 heteroatoms. The SMILES string of the molecule is CSc1nn(-c2ncc(C(F)(F)F)cc2Cl)c(N)c1C#N. The number of anilines is 1. The molecule has 2 aromatic heterocycles. The van der Waals surface area contributed by atoms with Crippen LogP contribution in [0, 0.1) is 11.3 Å². The van der Waals surface area contributed by atoms with Crippen molar-refractivity contribution in [3.8, 4) is 11.9 Å². The van der Waals surface area contributed by atoms with Crippen molar-refractivity contribution in [3.05, 3.63) is 28.4 Å². The topological polar surface area (TPSA) is 80.5 Å². The molecule has 2 heterocycles. The predicted octanol–water partition coefficient (Wildman–Crippen LogP) is 3.12. The normalized spacial score (nSPS) is 11.4. The van der Waals surface area contributed by atoms with Crippen LogP contribution in [0.2, 0.25) is 5.02 Å². The second-order valence-electron chi connectivity index (χ2n) is 3.82. The lowest BCUT2D eigenvalue weighted by Gasteiger charge is -2.09. The van der Waals surface area contributed by atoms with E-state index in [1.165, 1.54) is 11.8 Å². The summed E-state index contributed by atoms with van der Waals surface area (Å²) >= 11 is 7.00. The average Bonchev–Trinajstić information content (AvgIpc) is 2.73. The van der Waals surface area contributed by atoms with Gasteiger partial charge in [-0.15, -0.1) is 11.8 Å². The zero-order chi connectivity index (χ0) is 15.8. The molecule has 0 fully saturated rings. The van der Waals surface area contributed by atoms with Crippen LogP contribution in [0.15, 0.2) is 17.3 Å². The zero-order valence-electron chi connectivity index (χ0n) is 10.4. The summed E-state index contributed by atoms with van der Waals surface area (Å²) in [7, 11) is 0. The highest BCUT2D eigenvalue weighted by Gasteiger charge is 2.32. The van der Waals surface area contributed by atoms with Crippen LogP contribution < -0.4 is 5.73 Å². The van der Waals surface area contributed by atoms with Crippen LogP contribution in [-0.4, -0.2) is 21.0 Å². The monoisotopic (exact) mass is 333 g/mol. The van der Waals surface area contributed by atoms with Crippen molar-refractivity contribution < 1.29 is 13.2 Å². The van der Waals surface area contributed by atoms with E-state index in [1.54, 1.807) is 6.26 Å². The fraction of sp³-hybridized carbons (Fsp3) is 0.182. The van der Waals surface area contributed by atoms with E-state index < -0.39 is 11.7 Å². The van der Waals surface area contributed by atoms with Gasteiger partial charge in [0.2, 0.25) is 0 Å². The molecule has 2 N–H and O–H groups in total. The highest BCUT2D eigenvalue weighted by molar-refractivity contribution is 7.98. The fourth-order valence-corrected chi connectivity index (χ4v) is 2.33. The van der Waals surface area contributed by atoms with Gasteiger partial charge in [0.15, 0.2) is 5.82 Å². The quantitative estimate of drug-likeness (QED) is 0.854. The molecule has 110 valence electrons. The van der Waals surface area contributed by atoms with Gasteiger partial charge in [0.05, 0.1) is 10.6 Å². The highest BCUT2D eigenvalue weighted by Crippen LogP contribution is 2.33. The number of thioether (sulfide) groups is 1. The smallest absolute Gasteiger partial charge is 0.382 e. The lowest BCUT2D eigenvalue weighted by atomic mass is 10.3. The lowest BCUT2D eigenvalue weighted by Crippen LogP contribution is -2.09. The highest BCUT2D eigenvalue weighted by atomic mass is 35.5. The second kappa shape index (κ2) is 5.46. The van der Waals surface area contributed by atoms with Gasteiger partial charge in [0.25, 0.3) is 0 Å². The first kappa shape index (κ1) is 15.5. The maximum absolute atomic E-state index is 12.6. The molecular formula is C11H7ClF3N5S. The van der Waals surface area contributed by atoms with E-state index in [-0.39, 0.29) is 22.2 Å².